The first-order chi connectivity index (χ1) is 15.0. The fourth-order valence-corrected chi connectivity index (χ4v) is 3.58. The SMILES string of the molecule is Cn1c(=O)c(-c2c(Cl)cccc2Cl)cc2cnc(Nc3ccc(OCCN)nn3)nc21. The summed E-state index contributed by atoms with van der Waals surface area (Å²) in [6.07, 6.45) is 1.60. The Morgan fingerprint density at radius 3 is 2.61 bits per heavy atom. The Balaban J connectivity index is 1.69. The third kappa shape index (κ3) is 4.29. The number of nitrogens with one attached hydrogen (secondary N) is 1. The summed E-state index contributed by atoms with van der Waals surface area (Å²) in [5.41, 5.74) is 6.39. The second-order valence-electron chi connectivity index (χ2n) is 6.51. The molecule has 0 atom stereocenters. The number of nitrogens with two attached hydrogens (primary N) is 1. The lowest BCUT2D eigenvalue weighted by atomic mass is 10.1. The Kier molecular flexibility index (Phi) is 5.99. The maximum atomic E-state index is 13.0. The van der Waals surface area contributed by atoms with E-state index in [9.17, 15) is 4.79 Å². The highest BCUT2D eigenvalue weighted by Crippen LogP contribution is 2.33. The van der Waals surface area contributed by atoms with E-state index < -0.39 is 0 Å². The highest BCUT2D eigenvalue weighted by molar-refractivity contribution is 6.39. The van der Waals surface area contributed by atoms with Gasteiger partial charge in [-0.05, 0) is 24.3 Å². The zero-order valence-electron chi connectivity index (χ0n) is 16.3. The lowest BCUT2D eigenvalue weighted by Crippen LogP contribution is -2.20. The Labute approximate surface area is 186 Å². The standard InChI is InChI=1S/C20H17Cl2N7O2/c1-29-18-11(9-12(19(29)30)17-13(21)3-2-4-14(17)22)10-24-20(26-18)25-15-5-6-16(28-27-15)31-8-7-23/h2-6,9-10H,7-8,23H2,1H3,(H,24,25,26,27). The Hall–Kier alpha value is -3.27. The molecule has 9 nitrogen and oxygen atoms in total. The summed E-state index contributed by atoms with van der Waals surface area (Å²) < 4.78 is 6.72. The van der Waals surface area contributed by atoms with E-state index in [1.54, 1.807) is 49.6 Å². The van der Waals surface area contributed by atoms with Crippen molar-refractivity contribution < 1.29 is 4.74 Å². The molecule has 3 heterocycles. The molecule has 0 aliphatic rings. The number of fused-ring (bicyclic) bond motifs is 1. The zero-order chi connectivity index (χ0) is 22.0. The first kappa shape index (κ1) is 21.0. The highest BCUT2D eigenvalue weighted by Gasteiger charge is 2.16. The van der Waals surface area contributed by atoms with Crippen molar-refractivity contribution in [1.82, 2.24) is 24.7 Å². The molecular formula is C20H17Cl2N7O2. The third-order valence-corrected chi connectivity index (χ3v) is 5.06. The number of rotatable bonds is 6. The third-order valence-electron chi connectivity index (χ3n) is 4.43. The first-order valence-electron chi connectivity index (χ1n) is 9.22. The molecule has 0 amide bonds. The molecule has 1 aromatic carbocycles. The van der Waals surface area contributed by atoms with Crippen LogP contribution in [0.5, 0.6) is 5.88 Å². The number of hydrogen-bond acceptors (Lipinski definition) is 8. The van der Waals surface area contributed by atoms with Gasteiger partial charge in [-0.1, -0.05) is 29.3 Å². The Morgan fingerprint density at radius 1 is 1.16 bits per heavy atom. The average Bonchev–Trinajstić information content (AvgIpc) is 2.77. The van der Waals surface area contributed by atoms with Crippen LogP contribution in [-0.2, 0) is 7.05 Å². The summed E-state index contributed by atoms with van der Waals surface area (Å²) in [5, 5.41) is 12.3. The quantitative estimate of drug-likeness (QED) is 0.452. The molecule has 4 aromatic rings. The number of anilines is 2. The minimum absolute atomic E-state index is 0.260. The number of pyridine rings is 1. The lowest BCUT2D eigenvalue weighted by Gasteiger charge is -2.12. The van der Waals surface area contributed by atoms with Crippen LogP contribution in [-0.4, -0.2) is 37.9 Å². The van der Waals surface area contributed by atoms with Crippen LogP contribution in [0.2, 0.25) is 10.0 Å². The molecule has 11 heteroatoms. The van der Waals surface area contributed by atoms with Crippen LogP contribution in [0.3, 0.4) is 0 Å². The molecule has 0 fully saturated rings. The molecule has 0 unspecified atom stereocenters. The van der Waals surface area contributed by atoms with Crippen molar-refractivity contribution in [3.05, 3.63) is 63.0 Å². The maximum absolute atomic E-state index is 13.0. The first-order valence-corrected chi connectivity index (χ1v) is 9.98. The van der Waals surface area contributed by atoms with Crippen molar-refractivity contribution in [2.24, 2.45) is 12.8 Å². The van der Waals surface area contributed by atoms with Crippen LogP contribution < -0.4 is 21.3 Å². The van der Waals surface area contributed by atoms with Gasteiger partial charge in [0.15, 0.2) is 5.82 Å². The predicted octanol–water partition coefficient (Wildman–Crippen LogP) is 3.17. The fraction of sp³-hybridized carbons (Fsp3) is 0.150. The topological polar surface area (TPSA) is 121 Å². The van der Waals surface area contributed by atoms with Gasteiger partial charge in [0, 0.05) is 36.8 Å². The van der Waals surface area contributed by atoms with Crippen molar-refractivity contribution in [2.75, 3.05) is 18.5 Å². The van der Waals surface area contributed by atoms with Crippen molar-refractivity contribution >= 4 is 46.0 Å². The Morgan fingerprint density at radius 2 is 1.94 bits per heavy atom. The predicted molar refractivity (Wildman–Crippen MR) is 120 cm³/mol. The second kappa shape index (κ2) is 8.84. The van der Waals surface area contributed by atoms with E-state index in [2.05, 4.69) is 25.5 Å². The molecule has 0 radical (unpaired) electrons. The summed E-state index contributed by atoms with van der Waals surface area (Å²) in [6, 6.07) is 10.1. The van der Waals surface area contributed by atoms with Crippen molar-refractivity contribution in [3.8, 4) is 17.0 Å². The monoisotopic (exact) mass is 457 g/mol. The van der Waals surface area contributed by atoms with Gasteiger partial charge in [0.05, 0.1) is 15.6 Å². The number of benzene rings is 1. The molecule has 0 saturated carbocycles. The molecule has 3 aromatic heterocycles. The summed E-state index contributed by atoms with van der Waals surface area (Å²) >= 11 is 12.6. The van der Waals surface area contributed by atoms with Crippen molar-refractivity contribution in [1.29, 1.82) is 0 Å². The minimum atomic E-state index is -0.284. The molecule has 158 valence electrons. The van der Waals surface area contributed by atoms with Crippen LogP contribution in [0.1, 0.15) is 0 Å². The number of nitrogens with zero attached hydrogens (tertiary/aromatic N) is 5. The van der Waals surface area contributed by atoms with E-state index >= 15 is 0 Å². The summed E-state index contributed by atoms with van der Waals surface area (Å²) in [7, 11) is 1.62. The van der Waals surface area contributed by atoms with Gasteiger partial charge in [-0.25, -0.2) is 4.98 Å². The van der Waals surface area contributed by atoms with Crippen LogP contribution in [0.4, 0.5) is 11.8 Å². The number of aromatic nitrogens is 5. The van der Waals surface area contributed by atoms with Crippen LogP contribution >= 0.6 is 23.2 Å². The highest BCUT2D eigenvalue weighted by atomic mass is 35.5. The molecule has 4 rings (SSSR count). The summed E-state index contributed by atoms with van der Waals surface area (Å²) in [5.74, 6) is 1.04. The second-order valence-corrected chi connectivity index (χ2v) is 7.32. The summed E-state index contributed by atoms with van der Waals surface area (Å²) in [6.45, 7) is 0.736. The molecule has 0 aliphatic carbocycles. The lowest BCUT2D eigenvalue weighted by molar-refractivity contribution is 0.312. The maximum Gasteiger partial charge on any atom is 0.259 e. The molecule has 0 spiro atoms. The summed E-state index contributed by atoms with van der Waals surface area (Å²) in [4.78, 5) is 21.7. The number of ether oxygens (including phenoxy) is 1. The van der Waals surface area contributed by atoms with E-state index in [4.69, 9.17) is 33.7 Å². The van der Waals surface area contributed by atoms with Crippen LogP contribution in [0, 0.1) is 0 Å². The van der Waals surface area contributed by atoms with Gasteiger partial charge < -0.3 is 15.8 Å². The van der Waals surface area contributed by atoms with E-state index in [0.717, 1.165) is 0 Å². The zero-order valence-corrected chi connectivity index (χ0v) is 17.9. The number of aryl methyl sites for hydroxylation is 1. The largest absolute Gasteiger partial charge is 0.475 e. The molecule has 31 heavy (non-hydrogen) atoms. The van der Waals surface area contributed by atoms with Gasteiger partial charge in [0.1, 0.15) is 12.3 Å². The van der Waals surface area contributed by atoms with E-state index in [1.807, 2.05) is 0 Å². The van der Waals surface area contributed by atoms with Gasteiger partial charge in [0.25, 0.3) is 5.56 Å². The molecule has 0 bridgehead atoms. The van der Waals surface area contributed by atoms with Crippen LogP contribution in [0.15, 0.2) is 47.4 Å². The van der Waals surface area contributed by atoms with Gasteiger partial charge in [-0.3, -0.25) is 9.36 Å². The fourth-order valence-electron chi connectivity index (χ4n) is 2.98. The molecule has 3 N–H and O–H groups in total. The molecule has 0 aliphatic heterocycles. The normalized spacial score (nSPS) is 11.0. The van der Waals surface area contributed by atoms with Crippen LogP contribution in [0.25, 0.3) is 22.2 Å². The minimum Gasteiger partial charge on any atom is -0.475 e. The Bertz CT molecular complexity index is 1290. The van der Waals surface area contributed by atoms with E-state index in [0.29, 0.717) is 57.1 Å². The average molecular weight is 458 g/mol. The number of halogens is 2. The van der Waals surface area contributed by atoms with Crippen molar-refractivity contribution in [2.45, 2.75) is 0 Å². The van der Waals surface area contributed by atoms with Gasteiger partial charge in [-0.15, -0.1) is 10.2 Å². The van der Waals surface area contributed by atoms with E-state index in [-0.39, 0.29) is 11.5 Å². The molecule has 0 saturated heterocycles. The van der Waals surface area contributed by atoms with Gasteiger partial charge >= 0.3 is 0 Å². The van der Waals surface area contributed by atoms with Gasteiger partial charge in [-0.2, -0.15) is 4.98 Å². The number of hydrogen-bond donors (Lipinski definition) is 2. The van der Waals surface area contributed by atoms with Gasteiger partial charge in [0.2, 0.25) is 11.8 Å². The van der Waals surface area contributed by atoms with E-state index in [1.165, 1.54) is 4.57 Å². The van der Waals surface area contributed by atoms with Crippen molar-refractivity contribution in [3.63, 3.8) is 0 Å². The smallest absolute Gasteiger partial charge is 0.259 e. The molecular weight excluding hydrogens is 441 g/mol.